The zero-order valence-electron chi connectivity index (χ0n) is 5.78. The number of carboxylic acids is 1. The molecule has 0 aliphatic carbocycles. The molecule has 0 atom stereocenters. The van der Waals surface area contributed by atoms with Crippen LogP contribution in [0.15, 0.2) is 29.1 Å². The van der Waals surface area contributed by atoms with Gasteiger partial charge in [-0.3, -0.25) is 4.79 Å². The van der Waals surface area contributed by atoms with Crippen molar-refractivity contribution in [1.82, 2.24) is 6.15 Å². The second-order valence-electron chi connectivity index (χ2n) is 1.31. The average molecular weight is 145 g/mol. The van der Waals surface area contributed by atoms with E-state index in [1.807, 2.05) is 12.1 Å². The Bertz CT molecular complexity index is 127. The van der Waals surface area contributed by atoms with Crippen LogP contribution in [-0.2, 0) is 4.79 Å². The second-order valence-corrected chi connectivity index (χ2v) is 1.31. The molecule has 1 rings (SSSR count). The highest BCUT2D eigenvalue weighted by Crippen LogP contribution is 1.79. The molecule has 0 bridgehead atoms. The maximum atomic E-state index is 9.00. The fraction of sp³-hybridized carbons (Fsp3) is 0.167. The monoisotopic (exact) mass is 145 g/mol. The van der Waals surface area contributed by atoms with Crippen molar-refractivity contribution in [2.75, 3.05) is 0 Å². The Hall–Kier alpha value is -1.29. The highest BCUT2D eigenvalue weighted by molar-refractivity contribution is 5.62. The van der Waals surface area contributed by atoms with Crippen LogP contribution in [0.5, 0.6) is 0 Å². The lowest BCUT2D eigenvalue weighted by molar-refractivity contribution is -0.134. The van der Waals surface area contributed by atoms with E-state index in [0.29, 0.717) is 0 Å². The van der Waals surface area contributed by atoms with Gasteiger partial charge in [-0.25, -0.2) is 0 Å². The highest BCUT2D eigenvalue weighted by atomic mass is 16.4. The van der Waals surface area contributed by atoms with E-state index in [1.165, 1.54) is 0 Å². The van der Waals surface area contributed by atoms with Crippen LogP contribution in [0.3, 0.4) is 0 Å². The summed E-state index contributed by atoms with van der Waals surface area (Å²) in [6.45, 7) is 1.08. The molecule has 0 aromatic carbocycles. The molecule has 4 heteroatoms. The van der Waals surface area contributed by atoms with Crippen molar-refractivity contribution in [3.05, 3.63) is 24.7 Å². The molecule has 0 spiro atoms. The van der Waals surface area contributed by atoms with Gasteiger partial charge in [0.05, 0.1) is 12.5 Å². The van der Waals surface area contributed by atoms with Crippen LogP contribution in [-0.4, -0.2) is 11.1 Å². The molecule has 0 saturated heterocycles. The van der Waals surface area contributed by atoms with Crippen LogP contribution in [0, 0.1) is 0 Å². The standard InChI is InChI=1S/C4H4O.C2H4O2.H3N/c1-2-4-5-3-1;1-2(3)4;/h1-4H;1H3,(H,3,4);1H3. The van der Waals surface area contributed by atoms with Gasteiger partial charge in [0.1, 0.15) is 0 Å². The molecule has 0 aliphatic rings. The Kier molecular flexibility index (Phi) is 8.87. The third kappa shape index (κ3) is 15.9. The van der Waals surface area contributed by atoms with Gasteiger partial charge in [0.15, 0.2) is 0 Å². The number of rotatable bonds is 0. The van der Waals surface area contributed by atoms with E-state index in [0.717, 1.165) is 6.92 Å². The molecule has 0 saturated carbocycles. The van der Waals surface area contributed by atoms with Crippen molar-refractivity contribution in [3.63, 3.8) is 0 Å². The topological polar surface area (TPSA) is 85.4 Å². The second kappa shape index (κ2) is 7.71. The zero-order valence-corrected chi connectivity index (χ0v) is 5.78. The number of carboxylic acid groups (broad SMARTS) is 1. The van der Waals surface area contributed by atoms with Gasteiger partial charge in [-0.1, -0.05) is 0 Å². The van der Waals surface area contributed by atoms with E-state index >= 15 is 0 Å². The lowest BCUT2D eigenvalue weighted by Gasteiger charge is -1.59. The molecule has 4 N–H and O–H groups in total. The van der Waals surface area contributed by atoms with E-state index in [9.17, 15) is 0 Å². The lowest BCUT2D eigenvalue weighted by atomic mass is 10.7. The van der Waals surface area contributed by atoms with Crippen LogP contribution in [0.1, 0.15) is 6.92 Å². The summed E-state index contributed by atoms with van der Waals surface area (Å²) in [5, 5.41) is 7.42. The Labute approximate surface area is 59.1 Å². The van der Waals surface area contributed by atoms with E-state index in [-0.39, 0.29) is 6.15 Å². The minimum atomic E-state index is -0.833. The van der Waals surface area contributed by atoms with Crippen LogP contribution in [0.4, 0.5) is 0 Å². The van der Waals surface area contributed by atoms with Crippen molar-refractivity contribution in [2.45, 2.75) is 6.92 Å². The van der Waals surface area contributed by atoms with Gasteiger partial charge in [0.2, 0.25) is 0 Å². The van der Waals surface area contributed by atoms with Crippen molar-refractivity contribution in [2.24, 2.45) is 0 Å². The lowest BCUT2D eigenvalue weighted by Crippen LogP contribution is -1.78. The van der Waals surface area contributed by atoms with E-state index < -0.39 is 5.97 Å². The summed E-state index contributed by atoms with van der Waals surface area (Å²) in [5.74, 6) is -0.833. The van der Waals surface area contributed by atoms with Crippen LogP contribution >= 0.6 is 0 Å². The normalized spacial score (nSPS) is 6.50. The first kappa shape index (κ1) is 11.5. The Morgan fingerprint density at radius 1 is 1.40 bits per heavy atom. The summed E-state index contributed by atoms with van der Waals surface area (Å²) in [6.07, 6.45) is 3.25. The molecule has 0 amide bonds. The zero-order chi connectivity index (χ0) is 7.11. The summed E-state index contributed by atoms with van der Waals surface area (Å²) in [5.41, 5.74) is 0. The van der Waals surface area contributed by atoms with Crippen molar-refractivity contribution >= 4 is 5.97 Å². The molecular weight excluding hydrogens is 134 g/mol. The third-order valence-electron chi connectivity index (χ3n) is 0.425. The predicted molar refractivity (Wildman–Crippen MR) is 37.0 cm³/mol. The number of hydrogen-bond acceptors (Lipinski definition) is 3. The Morgan fingerprint density at radius 2 is 1.70 bits per heavy atom. The maximum absolute atomic E-state index is 9.00. The van der Waals surface area contributed by atoms with Gasteiger partial charge >= 0.3 is 0 Å². The summed E-state index contributed by atoms with van der Waals surface area (Å²) in [6, 6.07) is 3.67. The van der Waals surface area contributed by atoms with E-state index in [4.69, 9.17) is 9.90 Å². The van der Waals surface area contributed by atoms with Crippen LogP contribution in [0.2, 0.25) is 0 Å². The van der Waals surface area contributed by atoms with Crippen LogP contribution in [0.25, 0.3) is 0 Å². The first-order valence-electron chi connectivity index (χ1n) is 2.40. The van der Waals surface area contributed by atoms with Gasteiger partial charge in [0.25, 0.3) is 5.97 Å². The van der Waals surface area contributed by atoms with Gasteiger partial charge in [-0.2, -0.15) is 0 Å². The molecule has 0 radical (unpaired) electrons. The van der Waals surface area contributed by atoms with E-state index in [1.54, 1.807) is 12.5 Å². The average Bonchev–Trinajstić information content (AvgIpc) is 2.11. The fourth-order valence-electron chi connectivity index (χ4n) is 0.227. The molecular formula is C6H11NO3. The molecule has 0 aliphatic heterocycles. The summed E-state index contributed by atoms with van der Waals surface area (Å²) in [4.78, 5) is 9.00. The smallest absolute Gasteiger partial charge is 0.300 e. The van der Waals surface area contributed by atoms with Gasteiger partial charge in [0, 0.05) is 6.92 Å². The van der Waals surface area contributed by atoms with Crippen molar-refractivity contribution in [3.8, 4) is 0 Å². The summed E-state index contributed by atoms with van der Waals surface area (Å²) >= 11 is 0. The highest BCUT2D eigenvalue weighted by Gasteiger charge is 1.65. The van der Waals surface area contributed by atoms with Gasteiger partial charge in [-0.15, -0.1) is 0 Å². The predicted octanol–water partition coefficient (Wildman–Crippen LogP) is 1.53. The van der Waals surface area contributed by atoms with E-state index in [2.05, 4.69) is 4.42 Å². The number of aliphatic carboxylic acids is 1. The molecule has 10 heavy (non-hydrogen) atoms. The summed E-state index contributed by atoms with van der Waals surface area (Å²) in [7, 11) is 0. The Balaban J connectivity index is 0. The molecule has 1 aromatic heterocycles. The first-order chi connectivity index (χ1) is 4.23. The van der Waals surface area contributed by atoms with Crippen molar-refractivity contribution < 1.29 is 14.3 Å². The SMILES string of the molecule is CC(=O)O.N.c1ccoc1. The minimum absolute atomic E-state index is 0. The molecule has 0 fully saturated rings. The van der Waals surface area contributed by atoms with Crippen molar-refractivity contribution in [1.29, 1.82) is 0 Å². The maximum Gasteiger partial charge on any atom is 0.300 e. The number of furan rings is 1. The Morgan fingerprint density at radius 3 is 1.80 bits per heavy atom. The number of hydrogen-bond donors (Lipinski definition) is 2. The molecule has 1 aromatic rings. The first-order valence-corrected chi connectivity index (χ1v) is 2.40. The molecule has 0 unspecified atom stereocenters. The third-order valence-corrected chi connectivity index (χ3v) is 0.425. The minimum Gasteiger partial charge on any atom is -0.481 e. The van der Waals surface area contributed by atoms with Crippen LogP contribution < -0.4 is 6.15 Å². The molecule has 1 heterocycles. The van der Waals surface area contributed by atoms with Gasteiger partial charge < -0.3 is 15.7 Å². The van der Waals surface area contributed by atoms with Gasteiger partial charge in [-0.05, 0) is 12.1 Å². The molecule has 4 nitrogen and oxygen atoms in total. The quantitative estimate of drug-likeness (QED) is 0.579. The largest absolute Gasteiger partial charge is 0.481 e. The fourth-order valence-corrected chi connectivity index (χ4v) is 0.227. The molecule has 58 valence electrons. The summed E-state index contributed by atoms with van der Waals surface area (Å²) < 4.78 is 4.58. The number of carbonyl (C=O) groups is 1.